The standard InChI is InChI=1S/C11H19N5O/c1-5-8-9-10(15(3)14-8)16(11(12)13-9)7(2)6-17-4/h7H,5-6H2,1-4H3,(H2,12,13). The summed E-state index contributed by atoms with van der Waals surface area (Å²) in [5.41, 5.74) is 8.82. The van der Waals surface area contributed by atoms with Crippen LogP contribution in [0, 0.1) is 0 Å². The summed E-state index contributed by atoms with van der Waals surface area (Å²) >= 11 is 0. The number of aryl methyl sites for hydroxylation is 2. The first-order chi connectivity index (χ1) is 8.10. The van der Waals surface area contributed by atoms with Crippen molar-refractivity contribution in [1.82, 2.24) is 19.3 Å². The van der Waals surface area contributed by atoms with Gasteiger partial charge in [-0.1, -0.05) is 6.92 Å². The zero-order chi connectivity index (χ0) is 12.6. The molecule has 0 aliphatic rings. The fourth-order valence-electron chi connectivity index (χ4n) is 2.21. The van der Waals surface area contributed by atoms with Crippen molar-refractivity contribution in [3.63, 3.8) is 0 Å². The molecule has 6 heteroatoms. The van der Waals surface area contributed by atoms with E-state index in [1.165, 1.54) is 0 Å². The fraction of sp³-hybridized carbons (Fsp3) is 0.636. The van der Waals surface area contributed by atoms with Gasteiger partial charge in [0.05, 0.1) is 18.3 Å². The van der Waals surface area contributed by atoms with Crippen LogP contribution < -0.4 is 5.73 Å². The molecule has 0 fully saturated rings. The third-order valence-corrected chi connectivity index (χ3v) is 2.95. The molecule has 2 rings (SSSR count). The molecule has 1 unspecified atom stereocenters. The van der Waals surface area contributed by atoms with Crippen LogP contribution >= 0.6 is 0 Å². The molecule has 2 aromatic rings. The second kappa shape index (κ2) is 4.37. The number of nitrogens with two attached hydrogens (primary N) is 1. The van der Waals surface area contributed by atoms with Crippen molar-refractivity contribution in [2.45, 2.75) is 26.3 Å². The number of nitrogens with zero attached hydrogens (tertiary/aromatic N) is 4. The molecule has 1 atom stereocenters. The van der Waals surface area contributed by atoms with E-state index in [9.17, 15) is 0 Å². The minimum absolute atomic E-state index is 0.144. The number of anilines is 1. The van der Waals surface area contributed by atoms with Crippen molar-refractivity contribution in [2.24, 2.45) is 7.05 Å². The van der Waals surface area contributed by atoms with E-state index in [1.807, 2.05) is 16.3 Å². The zero-order valence-electron chi connectivity index (χ0n) is 10.8. The fourth-order valence-corrected chi connectivity index (χ4v) is 2.21. The quantitative estimate of drug-likeness (QED) is 0.865. The van der Waals surface area contributed by atoms with Crippen molar-refractivity contribution >= 4 is 17.1 Å². The van der Waals surface area contributed by atoms with Gasteiger partial charge in [0.1, 0.15) is 5.52 Å². The molecule has 0 radical (unpaired) electrons. The highest BCUT2D eigenvalue weighted by Crippen LogP contribution is 2.25. The maximum atomic E-state index is 5.98. The van der Waals surface area contributed by atoms with Crippen LogP contribution in [0.5, 0.6) is 0 Å². The van der Waals surface area contributed by atoms with Gasteiger partial charge in [0.15, 0.2) is 5.65 Å². The number of imidazole rings is 1. The van der Waals surface area contributed by atoms with E-state index in [2.05, 4.69) is 23.9 Å². The molecule has 17 heavy (non-hydrogen) atoms. The Labute approximate surface area is 100 Å². The molecule has 0 aliphatic heterocycles. The lowest BCUT2D eigenvalue weighted by Gasteiger charge is -2.14. The van der Waals surface area contributed by atoms with Crippen molar-refractivity contribution in [3.8, 4) is 0 Å². The molecule has 0 aromatic carbocycles. The van der Waals surface area contributed by atoms with Crippen molar-refractivity contribution in [3.05, 3.63) is 5.69 Å². The maximum Gasteiger partial charge on any atom is 0.202 e. The molecule has 2 heterocycles. The second-order valence-corrected chi connectivity index (χ2v) is 4.24. The summed E-state index contributed by atoms with van der Waals surface area (Å²) < 4.78 is 8.98. The van der Waals surface area contributed by atoms with Crippen LogP contribution in [0.4, 0.5) is 5.95 Å². The molecule has 0 saturated heterocycles. The number of hydrogen-bond acceptors (Lipinski definition) is 4. The van der Waals surface area contributed by atoms with E-state index in [0.29, 0.717) is 12.6 Å². The average Bonchev–Trinajstić information content (AvgIpc) is 2.76. The number of rotatable bonds is 4. The van der Waals surface area contributed by atoms with Crippen molar-refractivity contribution < 1.29 is 4.74 Å². The van der Waals surface area contributed by atoms with Crippen molar-refractivity contribution in [1.29, 1.82) is 0 Å². The lowest BCUT2D eigenvalue weighted by Crippen LogP contribution is -2.15. The van der Waals surface area contributed by atoms with E-state index in [4.69, 9.17) is 10.5 Å². The van der Waals surface area contributed by atoms with E-state index >= 15 is 0 Å². The number of nitrogen functional groups attached to an aromatic ring is 1. The van der Waals surface area contributed by atoms with Gasteiger partial charge in [0.25, 0.3) is 0 Å². The maximum absolute atomic E-state index is 5.98. The van der Waals surface area contributed by atoms with Gasteiger partial charge in [-0.25, -0.2) is 4.98 Å². The van der Waals surface area contributed by atoms with Crippen LogP contribution in [0.25, 0.3) is 11.2 Å². The van der Waals surface area contributed by atoms with Gasteiger partial charge in [0, 0.05) is 14.2 Å². The summed E-state index contributed by atoms with van der Waals surface area (Å²) in [6, 6.07) is 0.144. The highest BCUT2D eigenvalue weighted by molar-refractivity contribution is 5.78. The Kier molecular flexibility index (Phi) is 3.06. The summed E-state index contributed by atoms with van der Waals surface area (Å²) in [6.07, 6.45) is 0.854. The van der Waals surface area contributed by atoms with Gasteiger partial charge in [-0.3, -0.25) is 9.25 Å². The Morgan fingerprint density at radius 1 is 1.47 bits per heavy atom. The number of fused-ring (bicyclic) bond motifs is 1. The summed E-state index contributed by atoms with van der Waals surface area (Å²) in [6.45, 7) is 4.72. The van der Waals surface area contributed by atoms with Crippen LogP contribution in [-0.4, -0.2) is 33.0 Å². The highest BCUT2D eigenvalue weighted by atomic mass is 16.5. The zero-order valence-corrected chi connectivity index (χ0v) is 10.8. The monoisotopic (exact) mass is 237 g/mol. The van der Waals surface area contributed by atoms with Gasteiger partial charge in [-0.2, -0.15) is 5.10 Å². The molecule has 94 valence electrons. The summed E-state index contributed by atoms with van der Waals surface area (Å²) in [5, 5.41) is 4.45. The van der Waals surface area contributed by atoms with Gasteiger partial charge >= 0.3 is 0 Å². The van der Waals surface area contributed by atoms with Gasteiger partial charge in [0.2, 0.25) is 5.95 Å². The third kappa shape index (κ3) is 1.78. The highest BCUT2D eigenvalue weighted by Gasteiger charge is 2.20. The third-order valence-electron chi connectivity index (χ3n) is 2.95. The molecule has 0 aliphatic carbocycles. The normalized spacial score (nSPS) is 13.4. The van der Waals surface area contributed by atoms with Gasteiger partial charge < -0.3 is 10.5 Å². The topological polar surface area (TPSA) is 70.9 Å². The SMILES string of the molecule is CCc1nn(C)c2c1nc(N)n2C(C)COC. The first-order valence-corrected chi connectivity index (χ1v) is 5.78. The largest absolute Gasteiger partial charge is 0.383 e. The molecule has 2 N–H and O–H groups in total. The minimum atomic E-state index is 0.144. The Balaban J connectivity index is 2.62. The Morgan fingerprint density at radius 2 is 2.18 bits per heavy atom. The minimum Gasteiger partial charge on any atom is -0.383 e. The van der Waals surface area contributed by atoms with Crippen LogP contribution in [0.1, 0.15) is 25.6 Å². The van der Waals surface area contributed by atoms with Crippen LogP contribution in [0.2, 0.25) is 0 Å². The molecule has 0 amide bonds. The summed E-state index contributed by atoms with van der Waals surface area (Å²) in [5.74, 6) is 0.521. The average molecular weight is 237 g/mol. The van der Waals surface area contributed by atoms with Gasteiger partial charge in [-0.05, 0) is 13.3 Å². The molecular formula is C11H19N5O. The van der Waals surface area contributed by atoms with E-state index < -0.39 is 0 Å². The van der Waals surface area contributed by atoms with Gasteiger partial charge in [-0.15, -0.1) is 0 Å². The Morgan fingerprint density at radius 3 is 2.76 bits per heavy atom. The number of methoxy groups -OCH3 is 1. The predicted octanol–water partition coefficient (Wildman–Crippen LogP) is 1.12. The Hall–Kier alpha value is -1.56. The first-order valence-electron chi connectivity index (χ1n) is 5.78. The Bertz CT molecular complexity index is 527. The molecule has 6 nitrogen and oxygen atoms in total. The summed E-state index contributed by atoms with van der Waals surface area (Å²) in [4.78, 5) is 4.41. The second-order valence-electron chi connectivity index (χ2n) is 4.24. The summed E-state index contributed by atoms with van der Waals surface area (Å²) in [7, 11) is 3.60. The van der Waals surface area contributed by atoms with E-state index in [1.54, 1.807) is 7.11 Å². The molecule has 0 spiro atoms. The molecule has 0 bridgehead atoms. The molecular weight excluding hydrogens is 218 g/mol. The molecule has 0 saturated carbocycles. The number of hydrogen-bond donors (Lipinski definition) is 1. The van der Waals surface area contributed by atoms with E-state index in [0.717, 1.165) is 23.3 Å². The number of aromatic nitrogens is 4. The molecule has 2 aromatic heterocycles. The number of ether oxygens (including phenoxy) is 1. The van der Waals surface area contributed by atoms with Crippen LogP contribution in [-0.2, 0) is 18.2 Å². The lowest BCUT2D eigenvalue weighted by atomic mass is 10.3. The lowest BCUT2D eigenvalue weighted by molar-refractivity contribution is 0.164. The van der Waals surface area contributed by atoms with Crippen LogP contribution in [0.15, 0.2) is 0 Å². The smallest absolute Gasteiger partial charge is 0.202 e. The van der Waals surface area contributed by atoms with Crippen molar-refractivity contribution in [2.75, 3.05) is 19.5 Å². The van der Waals surface area contributed by atoms with Crippen LogP contribution in [0.3, 0.4) is 0 Å². The first kappa shape index (κ1) is 11.9. The van der Waals surface area contributed by atoms with E-state index in [-0.39, 0.29) is 6.04 Å². The predicted molar refractivity (Wildman–Crippen MR) is 66.9 cm³/mol.